The number of rotatable bonds is 6. The molecule has 0 spiro atoms. The Morgan fingerprint density at radius 2 is 2.04 bits per heavy atom. The van der Waals surface area contributed by atoms with Crippen LogP contribution in [0.1, 0.15) is 29.7 Å². The molecule has 0 bridgehead atoms. The Labute approximate surface area is 152 Å². The van der Waals surface area contributed by atoms with E-state index in [1.54, 1.807) is 19.3 Å². The number of methoxy groups -OCH3 is 1. The zero-order valence-corrected chi connectivity index (χ0v) is 14.9. The Kier molecular flexibility index (Phi) is 5.84. The molecule has 0 aliphatic heterocycles. The van der Waals surface area contributed by atoms with E-state index in [0.717, 1.165) is 48.3 Å². The Balaban J connectivity index is 1.52. The molecule has 1 aliphatic rings. The van der Waals surface area contributed by atoms with Gasteiger partial charge in [0.2, 0.25) is 5.91 Å². The lowest BCUT2D eigenvalue weighted by Gasteiger charge is -2.15. The number of hydrogen-bond acceptors (Lipinski definition) is 4. The molecule has 2 aromatic rings. The van der Waals surface area contributed by atoms with Crippen molar-refractivity contribution < 1.29 is 9.53 Å². The minimum Gasteiger partial charge on any atom is -0.497 e. The van der Waals surface area contributed by atoms with E-state index in [-0.39, 0.29) is 11.5 Å². The number of hydrogen-bond donors (Lipinski definition) is 1. The zero-order chi connectivity index (χ0) is 18.4. The molecule has 1 amide bonds. The SMILES string of the molecule is COc1ccc(/C=C/C(=O)NCCn2nc3c(cc2=O)CCCC3)cc1. The lowest BCUT2D eigenvalue weighted by atomic mass is 9.97. The maximum Gasteiger partial charge on any atom is 0.267 e. The van der Waals surface area contributed by atoms with Crippen LogP contribution in [0.4, 0.5) is 0 Å². The summed E-state index contributed by atoms with van der Waals surface area (Å²) >= 11 is 0. The molecule has 136 valence electrons. The van der Waals surface area contributed by atoms with Crippen LogP contribution in [0.15, 0.2) is 41.2 Å². The van der Waals surface area contributed by atoms with E-state index in [1.165, 1.54) is 10.8 Å². The van der Waals surface area contributed by atoms with E-state index in [2.05, 4.69) is 10.4 Å². The Morgan fingerprint density at radius 3 is 2.81 bits per heavy atom. The minimum absolute atomic E-state index is 0.103. The van der Waals surface area contributed by atoms with Crippen LogP contribution in [-0.4, -0.2) is 29.3 Å². The van der Waals surface area contributed by atoms with Crippen molar-refractivity contribution in [3.05, 3.63) is 63.6 Å². The van der Waals surface area contributed by atoms with Crippen molar-refractivity contribution in [2.75, 3.05) is 13.7 Å². The summed E-state index contributed by atoms with van der Waals surface area (Å²) < 4.78 is 6.54. The van der Waals surface area contributed by atoms with Gasteiger partial charge in [0.05, 0.1) is 19.3 Å². The van der Waals surface area contributed by atoms with E-state index < -0.39 is 0 Å². The molecule has 0 saturated heterocycles. The monoisotopic (exact) mass is 353 g/mol. The Bertz CT molecular complexity index is 854. The van der Waals surface area contributed by atoms with Gasteiger partial charge in [-0.05, 0) is 55.0 Å². The third-order valence-corrected chi connectivity index (χ3v) is 4.44. The molecular weight excluding hydrogens is 330 g/mol. The van der Waals surface area contributed by atoms with Gasteiger partial charge in [-0.2, -0.15) is 5.10 Å². The summed E-state index contributed by atoms with van der Waals surface area (Å²) in [7, 11) is 1.61. The highest BCUT2D eigenvalue weighted by molar-refractivity contribution is 5.91. The highest BCUT2D eigenvalue weighted by Crippen LogP contribution is 2.16. The molecule has 0 unspecified atom stereocenters. The van der Waals surface area contributed by atoms with Crippen molar-refractivity contribution in [3.8, 4) is 5.75 Å². The van der Waals surface area contributed by atoms with Crippen LogP contribution in [0.2, 0.25) is 0 Å². The molecule has 6 nitrogen and oxygen atoms in total. The summed E-state index contributed by atoms with van der Waals surface area (Å²) in [6, 6.07) is 9.11. The molecule has 1 aliphatic carbocycles. The number of amides is 1. The molecular formula is C20H23N3O3. The maximum atomic E-state index is 12.1. The van der Waals surface area contributed by atoms with Gasteiger partial charge in [0.25, 0.3) is 5.56 Å². The van der Waals surface area contributed by atoms with Crippen LogP contribution in [0.3, 0.4) is 0 Å². The summed E-state index contributed by atoms with van der Waals surface area (Å²) in [5.41, 5.74) is 2.90. The van der Waals surface area contributed by atoms with Gasteiger partial charge >= 0.3 is 0 Å². The third kappa shape index (κ3) is 4.59. The van der Waals surface area contributed by atoms with Crippen molar-refractivity contribution in [3.63, 3.8) is 0 Å². The predicted molar refractivity (Wildman–Crippen MR) is 100 cm³/mol. The first-order valence-electron chi connectivity index (χ1n) is 8.85. The van der Waals surface area contributed by atoms with Gasteiger partial charge in [-0.1, -0.05) is 12.1 Å². The normalized spacial score (nSPS) is 13.4. The van der Waals surface area contributed by atoms with Gasteiger partial charge in [-0.15, -0.1) is 0 Å². The molecule has 0 saturated carbocycles. The fourth-order valence-electron chi connectivity index (χ4n) is 2.99. The van der Waals surface area contributed by atoms with Crippen LogP contribution in [-0.2, 0) is 24.2 Å². The number of ether oxygens (including phenoxy) is 1. The van der Waals surface area contributed by atoms with Gasteiger partial charge in [0, 0.05) is 18.7 Å². The number of benzene rings is 1. The number of nitrogens with zero attached hydrogens (tertiary/aromatic N) is 2. The molecule has 0 fully saturated rings. The van der Waals surface area contributed by atoms with E-state index in [4.69, 9.17) is 4.74 Å². The minimum atomic E-state index is -0.202. The molecule has 26 heavy (non-hydrogen) atoms. The summed E-state index contributed by atoms with van der Waals surface area (Å²) in [4.78, 5) is 24.0. The second-order valence-corrected chi connectivity index (χ2v) is 6.28. The average molecular weight is 353 g/mol. The van der Waals surface area contributed by atoms with E-state index in [9.17, 15) is 9.59 Å². The van der Waals surface area contributed by atoms with Gasteiger partial charge in [-0.25, -0.2) is 4.68 Å². The average Bonchev–Trinajstić information content (AvgIpc) is 2.67. The third-order valence-electron chi connectivity index (χ3n) is 4.44. The quantitative estimate of drug-likeness (QED) is 0.806. The van der Waals surface area contributed by atoms with Crippen LogP contribution in [0.25, 0.3) is 6.08 Å². The number of aromatic nitrogens is 2. The van der Waals surface area contributed by atoms with Crippen LogP contribution >= 0.6 is 0 Å². The zero-order valence-electron chi connectivity index (χ0n) is 14.9. The summed E-state index contributed by atoms with van der Waals surface area (Å²) in [6.45, 7) is 0.728. The first-order valence-corrected chi connectivity index (χ1v) is 8.85. The molecule has 1 heterocycles. The smallest absolute Gasteiger partial charge is 0.267 e. The highest BCUT2D eigenvalue weighted by atomic mass is 16.5. The predicted octanol–water partition coefficient (Wildman–Crippen LogP) is 1.96. The number of carbonyl (C=O) groups is 1. The molecule has 1 N–H and O–H groups in total. The fraction of sp³-hybridized carbons (Fsp3) is 0.350. The number of aryl methyl sites for hydroxylation is 2. The second-order valence-electron chi connectivity index (χ2n) is 6.28. The van der Waals surface area contributed by atoms with E-state index in [0.29, 0.717) is 13.1 Å². The standard InChI is InChI=1S/C20H23N3O3/c1-26-17-9-6-15(7-10-17)8-11-19(24)21-12-13-23-20(25)14-16-4-2-3-5-18(16)22-23/h6-11,14H,2-5,12-13H2,1H3,(H,21,24)/b11-8+. The summed E-state index contributed by atoms with van der Waals surface area (Å²) in [5, 5.41) is 7.22. The van der Waals surface area contributed by atoms with Crippen molar-refractivity contribution in [2.45, 2.75) is 32.2 Å². The lowest BCUT2D eigenvalue weighted by Crippen LogP contribution is -2.32. The topological polar surface area (TPSA) is 73.2 Å². The highest BCUT2D eigenvalue weighted by Gasteiger charge is 2.13. The number of nitrogens with one attached hydrogen (secondary N) is 1. The maximum absolute atomic E-state index is 12.1. The Morgan fingerprint density at radius 1 is 1.27 bits per heavy atom. The van der Waals surface area contributed by atoms with Crippen LogP contribution < -0.4 is 15.6 Å². The molecule has 6 heteroatoms. The molecule has 3 rings (SSSR count). The fourth-order valence-corrected chi connectivity index (χ4v) is 2.99. The van der Waals surface area contributed by atoms with Crippen molar-refractivity contribution in [2.24, 2.45) is 0 Å². The van der Waals surface area contributed by atoms with Crippen LogP contribution in [0, 0.1) is 0 Å². The van der Waals surface area contributed by atoms with Gasteiger partial charge in [-0.3, -0.25) is 9.59 Å². The van der Waals surface area contributed by atoms with Gasteiger partial charge in [0.1, 0.15) is 5.75 Å². The second kappa shape index (κ2) is 8.47. The summed E-state index contributed by atoms with van der Waals surface area (Å²) in [6.07, 6.45) is 7.31. The summed E-state index contributed by atoms with van der Waals surface area (Å²) in [5.74, 6) is 0.571. The van der Waals surface area contributed by atoms with E-state index >= 15 is 0 Å². The Hall–Kier alpha value is -2.89. The van der Waals surface area contributed by atoms with Crippen molar-refractivity contribution in [1.82, 2.24) is 15.1 Å². The van der Waals surface area contributed by atoms with Crippen molar-refractivity contribution in [1.29, 1.82) is 0 Å². The van der Waals surface area contributed by atoms with Gasteiger partial charge < -0.3 is 10.1 Å². The number of carbonyl (C=O) groups excluding carboxylic acids is 1. The largest absolute Gasteiger partial charge is 0.497 e. The molecule has 0 atom stereocenters. The number of fused-ring (bicyclic) bond motifs is 1. The molecule has 1 aromatic carbocycles. The first-order chi connectivity index (χ1) is 12.7. The van der Waals surface area contributed by atoms with Gasteiger partial charge in [0.15, 0.2) is 0 Å². The van der Waals surface area contributed by atoms with E-state index in [1.807, 2.05) is 24.3 Å². The first kappa shape index (κ1) is 17.9. The van der Waals surface area contributed by atoms with Crippen LogP contribution in [0.5, 0.6) is 5.75 Å². The molecule has 0 radical (unpaired) electrons. The lowest BCUT2D eigenvalue weighted by molar-refractivity contribution is -0.116. The van der Waals surface area contributed by atoms with Crippen molar-refractivity contribution >= 4 is 12.0 Å². The molecule has 1 aromatic heterocycles.